The van der Waals surface area contributed by atoms with Crippen molar-refractivity contribution in [2.24, 2.45) is 5.73 Å². The zero-order valence-electron chi connectivity index (χ0n) is 11.3. The smallest absolute Gasteiger partial charge is 0.136 e. The molecule has 3 nitrogen and oxygen atoms in total. The van der Waals surface area contributed by atoms with Gasteiger partial charge in [-0.1, -0.05) is 36.4 Å². The second-order valence-electron chi connectivity index (χ2n) is 5.17. The first kappa shape index (κ1) is 12.2. The Balaban J connectivity index is 2.30. The van der Waals surface area contributed by atoms with Gasteiger partial charge in [-0.25, -0.2) is 0 Å². The maximum atomic E-state index is 6.32. The lowest BCUT2D eigenvalue weighted by Crippen LogP contribution is -2.38. The van der Waals surface area contributed by atoms with Crippen molar-refractivity contribution in [3.8, 4) is 0 Å². The van der Waals surface area contributed by atoms with Gasteiger partial charge in [0.2, 0.25) is 0 Å². The molecule has 1 heterocycles. The van der Waals surface area contributed by atoms with E-state index in [1.165, 1.54) is 21.8 Å². The van der Waals surface area contributed by atoms with E-state index in [0.717, 1.165) is 0 Å². The van der Waals surface area contributed by atoms with E-state index in [0.29, 0.717) is 6.04 Å². The summed E-state index contributed by atoms with van der Waals surface area (Å²) in [4.78, 5) is 0. The van der Waals surface area contributed by atoms with Gasteiger partial charge >= 0.3 is 0 Å². The number of aromatic nitrogens is 1. The SMILES string of the molecule is CC(C)NC(N)n1c2ccccc2c2ccccc21. The fourth-order valence-corrected chi connectivity index (χ4v) is 2.67. The minimum atomic E-state index is -0.218. The fraction of sp³-hybridized carbons (Fsp3) is 0.250. The van der Waals surface area contributed by atoms with Gasteiger partial charge in [0.15, 0.2) is 0 Å². The van der Waals surface area contributed by atoms with E-state index in [-0.39, 0.29) is 6.29 Å². The predicted octanol–water partition coefficient (Wildman–Crippen LogP) is 3.21. The molecule has 0 spiro atoms. The molecule has 2 aromatic carbocycles. The Labute approximate surface area is 113 Å². The number of fused-ring (bicyclic) bond motifs is 3. The molecule has 0 radical (unpaired) electrons. The van der Waals surface area contributed by atoms with Crippen LogP contribution in [0.15, 0.2) is 48.5 Å². The summed E-state index contributed by atoms with van der Waals surface area (Å²) in [5.74, 6) is 0. The largest absolute Gasteiger partial charge is 0.312 e. The third-order valence-corrected chi connectivity index (χ3v) is 3.40. The highest BCUT2D eigenvalue weighted by atomic mass is 15.3. The number of hydrogen-bond acceptors (Lipinski definition) is 2. The molecule has 19 heavy (non-hydrogen) atoms. The standard InChI is InChI=1S/C16H19N3/c1-11(2)18-16(17)19-14-9-5-3-7-12(14)13-8-4-6-10-15(13)19/h3-11,16,18H,17H2,1-2H3. The van der Waals surface area contributed by atoms with Crippen molar-refractivity contribution in [1.29, 1.82) is 0 Å². The molecule has 1 aromatic heterocycles. The molecular formula is C16H19N3. The van der Waals surface area contributed by atoms with E-state index < -0.39 is 0 Å². The quantitative estimate of drug-likeness (QED) is 0.704. The van der Waals surface area contributed by atoms with Crippen molar-refractivity contribution in [3.63, 3.8) is 0 Å². The van der Waals surface area contributed by atoms with Crippen LogP contribution >= 0.6 is 0 Å². The summed E-state index contributed by atoms with van der Waals surface area (Å²) >= 11 is 0. The van der Waals surface area contributed by atoms with Gasteiger partial charge in [0.25, 0.3) is 0 Å². The molecule has 0 aliphatic rings. The maximum absolute atomic E-state index is 6.32. The van der Waals surface area contributed by atoms with Gasteiger partial charge in [-0.05, 0) is 26.0 Å². The summed E-state index contributed by atoms with van der Waals surface area (Å²) < 4.78 is 2.17. The maximum Gasteiger partial charge on any atom is 0.136 e. The van der Waals surface area contributed by atoms with Crippen molar-refractivity contribution >= 4 is 21.8 Å². The van der Waals surface area contributed by atoms with Crippen LogP contribution in [0, 0.1) is 0 Å². The Morgan fingerprint density at radius 2 is 1.37 bits per heavy atom. The van der Waals surface area contributed by atoms with Crippen molar-refractivity contribution in [2.75, 3.05) is 0 Å². The Kier molecular flexibility index (Phi) is 3.01. The van der Waals surface area contributed by atoms with Crippen molar-refractivity contribution in [2.45, 2.75) is 26.2 Å². The topological polar surface area (TPSA) is 43.0 Å². The molecule has 98 valence electrons. The lowest BCUT2D eigenvalue weighted by molar-refractivity contribution is 0.398. The number of rotatable bonds is 3. The van der Waals surface area contributed by atoms with E-state index in [1.807, 2.05) is 0 Å². The molecule has 3 heteroatoms. The third-order valence-electron chi connectivity index (χ3n) is 3.40. The third kappa shape index (κ3) is 2.01. The highest BCUT2D eigenvalue weighted by molar-refractivity contribution is 6.08. The normalized spacial score (nSPS) is 13.5. The molecular weight excluding hydrogens is 234 g/mol. The van der Waals surface area contributed by atoms with Crippen LogP contribution in [0.4, 0.5) is 0 Å². The van der Waals surface area contributed by atoms with Gasteiger partial charge < -0.3 is 4.57 Å². The molecule has 0 bridgehead atoms. The molecule has 0 amide bonds. The first-order valence-electron chi connectivity index (χ1n) is 6.68. The van der Waals surface area contributed by atoms with Crippen LogP contribution in [-0.4, -0.2) is 10.6 Å². The summed E-state index contributed by atoms with van der Waals surface area (Å²) in [7, 11) is 0. The first-order chi connectivity index (χ1) is 9.18. The first-order valence-corrected chi connectivity index (χ1v) is 6.68. The van der Waals surface area contributed by atoms with Crippen LogP contribution in [0.5, 0.6) is 0 Å². The van der Waals surface area contributed by atoms with Gasteiger partial charge in [-0.2, -0.15) is 0 Å². The molecule has 0 saturated heterocycles. The second-order valence-corrected chi connectivity index (χ2v) is 5.17. The van der Waals surface area contributed by atoms with E-state index >= 15 is 0 Å². The number of nitrogens with two attached hydrogens (primary N) is 1. The minimum absolute atomic E-state index is 0.218. The van der Waals surface area contributed by atoms with Gasteiger partial charge in [0.1, 0.15) is 6.29 Å². The fourth-order valence-electron chi connectivity index (χ4n) is 2.67. The monoisotopic (exact) mass is 253 g/mol. The van der Waals surface area contributed by atoms with Crippen LogP contribution in [0.2, 0.25) is 0 Å². The number of nitrogens with zero attached hydrogens (tertiary/aromatic N) is 1. The number of para-hydroxylation sites is 2. The van der Waals surface area contributed by atoms with E-state index in [9.17, 15) is 0 Å². The number of hydrogen-bond donors (Lipinski definition) is 2. The molecule has 3 N–H and O–H groups in total. The number of benzene rings is 2. The highest BCUT2D eigenvalue weighted by Crippen LogP contribution is 2.29. The van der Waals surface area contributed by atoms with E-state index in [1.54, 1.807) is 0 Å². The molecule has 0 aliphatic heterocycles. The van der Waals surface area contributed by atoms with Crippen molar-refractivity contribution in [3.05, 3.63) is 48.5 Å². The van der Waals surface area contributed by atoms with Gasteiger partial charge in [-0.15, -0.1) is 0 Å². The molecule has 1 unspecified atom stereocenters. The zero-order valence-corrected chi connectivity index (χ0v) is 11.3. The Morgan fingerprint density at radius 1 is 0.895 bits per heavy atom. The summed E-state index contributed by atoms with van der Waals surface area (Å²) in [5, 5.41) is 5.87. The average Bonchev–Trinajstić information content (AvgIpc) is 2.72. The summed E-state index contributed by atoms with van der Waals surface area (Å²) in [6, 6.07) is 17.1. The van der Waals surface area contributed by atoms with E-state index in [2.05, 4.69) is 72.3 Å². The molecule has 0 saturated carbocycles. The zero-order chi connectivity index (χ0) is 13.4. The molecule has 0 aliphatic carbocycles. The highest BCUT2D eigenvalue weighted by Gasteiger charge is 2.14. The Hall–Kier alpha value is -1.84. The lowest BCUT2D eigenvalue weighted by Gasteiger charge is -2.20. The molecule has 3 rings (SSSR count). The summed E-state index contributed by atoms with van der Waals surface area (Å²) in [5.41, 5.74) is 8.67. The number of nitrogens with one attached hydrogen (secondary N) is 1. The van der Waals surface area contributed by atoms with Crippen LogP contribution in [0.25, 0.3) is 21.8 Å². The molecule has 0 fully saturated rings. The Morgan fingerprint density at radius 3 is 1.84 bits per heavy atom. The van der Waals surface area contributed by atoms with Crippen LogP contribution < -0.4 is 11.1 Å². The van der Waals surface area contributed by atoms with Crippen LogP contribution in [-0.2, 0) is 0 Å². The summed E-state index contributed by atoms with van der Waals surface area (Å²) in [6.45, 7) is 4.21. The Bertz CT molecular complexity index is 659. The lowest BCUT2D eigenvalue weighted by atomic mass is 10.2. The summed E-state index contributed by atoms with van der Waals surface area (Å²) in [6.07, 6.45) is -0.218. The van der Waals surface area contributed by atoms with Gasteiger partial charge in [0.05, 0.1) is 11.0 Å². The average molecular weight is 253 g/mol. The van der Waals surface area contributed by atoms with Crippen molar-refractivity contribution < 1.29 is 0 Å². The molecule has 1 atom stereocenters. The van der Waals surface area contributed by atoms with Gasteiger partial charge in [0, 0.05) is 16.8 Å². The second kappa shape index (κ2) is 4.68. The van der Waals surface area contributed by atoms with Crippen LogP contribution in [0.1, 0.15) is 20.1 Å². The molecule has 3 aromatic rings. The predicted molar refractivity (Wildman–Crippen MR) is 80.9 cm³/mol. The van der Waals surface area contributed by atoms with Crippen molar-refractivity contribution in [1.82, 2.24) is 9.88 Å². The van der Waals surface area contributed by atoms with E-state index in [4.69, 9.17) is 5.73 Å². The van der Waals surface area contributed by atoms with Crippen LogP contribution in [0.3, 0.4) is 0 Å². The van der Waals surface area contributed by atoms with Gasteiger partial charge in [-0.3, -0.25) is 11.1 Å². The minimum Gasteiger partial charge on any atom is -0.312 e.